The van der Waals surface area contributed by atoms with Crippen molar-refractivity contribution in [2.45, 2.75) is 58.7 Å². The van der Waals surface area contributed by atoms with Gasteiger partial charge in [0.15, 0.2) is 0 Å². The first-order valence-electron chi connectivity index (χ1n) is 7.87. The molecule has 21 heavy (non-hydrogen) atoms. The van der Waals surface area contributed by atoms with Crippen LogP contribution in [-0.4, -0.2) is 30.8 Å². The number of rotatable bonds is 7. The minimum absolute atomic E-state index is 0.702. The molecule has 2 aromatic heterocycles. The van der Waals surface area contributed by atoms with Crippen LogP contribution in [0, 0.1) is 0 Å². The maximum Gasteiger partial charge on any atom is 0.104 e. The molecule has 0 aromatic carbocycles. The summed E-state index contributed by atoms with van der Waals surface area (Å²) in [6.45, 7) is 6.02. The lowest BCUT2D eigenvalue weighted by Crippen LogP contribution is -2.17. The molecule has 0 saturated heterocycles. The second-order valence-corrected chi connectivity index (χ2v) is 5.78. The van der Waals surface area contributed by atoms with Crippen LogP contribution in [0.5, 0.6) is 0 Å². The molecule has 2 aromatic rings. The van der Waals surface area contributed by atoms with Crippen LogP contribution in [0.3, 0.4) is 0 Å². The fraction of sp³-hybridized carbons (Fsp3) is 0.667. The first-order valence-corrected chi connectivity index (χ1v) is 7.87. The molecular formula is C15H24N6. The first-order chi connectivity index (χ1) is 10.2. The Hall–Kier alpha value is -1.69. The zero-order valence-electron chi connectivity index (χ0n) is 13.1. The lowest BCUT2D eigenvalue weighted by molar-refractivity contribution is 0.623. The van der Waals surface area contributed by atoms with Crippen molar-refractivity contribution in [1.82, 2.24) is 30.1 Å². The van der Waals surface area contributed by atoms with Gasteiger partial charge in [0.05, 0.1) is 12.2 Å². The third kappa shape index (κ3) is 3.15. The lowest BCUT2D eigenvalue weighted by atomic mass is 10.1. The number of aromatic nitrogens is 5. The highest BCUT2D eigenvalue weighted by Crippen LogP contribution is 2.22. The Balaban J connectivity index is 1.84. The zero-order chi connectivity index (χ0) is 14.8. The normalized spacial score (nSPS) is 14.8. The van der Waals surface area contributed by atoms with Crippen molar-refractivity contribution in [2.75, 3.05) is 0 Å². The van der Waals surface area contributed by atoms with Crippen LogP contribution in [0.4, 0.5) is 0 Å². The molecular weight excluding hydrogens is 264 g/mol. The van der Waals surface area contributed by atoms with Crippen molar-refractivity contribution in [1.29, 1.82) is 0 Å². The fourth-order valence-electron chi connectivity index (χ4n) is 2.76. The summed E-state index contributed by atoms with van der Waals surface area (Å²) in [5.74, 6) is 0. The van der Waals surface area contributed by atoms with Gasteiger partial charge in [-0.3, -0.25) is 9.36 Å². The lowest BCUT2D eigenvalue weighted by Gasteiger charge is -2.07. The summed E-state index contributed by atoms with van der Waals surface area (Å²) in [4.78, 5) is 0. The second-order valence-electron chi connectivity index (χ2n) is 5.78. The summed E-state index contributed by atoms with van der Waals surface area (Å²) in [6, 6.07) is 0.725. The van der Waals surface area contributed by atoms with E-state index in [9.17, 15) is 0 Å². The van der Waals surface area contributed by atoms with Crippen LogP contribution < -0.4 is 5.32 Å². The molecule has 0 spiro atoms. The van der Waals surface area contributed by atoms with Gasteiger partial charge in [0.1, 0.15) is 5.69 Å². The quantitative estimate of drug-likeness (QED) is 0.837. The summed E-state index contributed by atoms with van der Waals surface area (Å²) in [7, 11) is 1.89. The third-order valence-corrected chi connectivity index (χ3v) is 4.03. The van der Waals surface area contributed by atoms with Crippen molar-refractivity contribution < 1.29 is 0 Å². The summed E-state index contributed by atoms with van der Waals surface area (Å²) >= 11 is 0. The van der Waals surface area contributed by atoms with E-state index in [4.69, 9.17) is 5.10 Å². The average Bonchev–Trinajstić information content (AvgIpc) is 3.13. The van der Waals surface area contributed by atoms with E-state index in [1.807, 2.05) is 13.2 Å². The average molecular weight is 288 g/mol. The monoisotopic (exact) mass is 288 g/mol. The maximum atomic E-state index is 4.80. The molecule has 0 atom stereocenters. The molecule has 1 aliphatic carbocycles. The van der Waals surface area contributed by atoms with E-state index < -0.39 is 0 Å². The van der Waals surface area contributed by atoms with Crippen molar-refractivity contribution in [3.05, 3.63) is 28.8 Å². The first kappa shape index (κ1) is 14.3. The molecule has 114 valence electrons. The molecule has 1 fully saturated rings. The third-order valence-electron chi connectivity index (χ3n) is 4.03. The van der Waals surface area contributed by atoms with Gasteiger partial charge in [-0.1, -0.05) is 19.1 Å². The predicted octanol–water partition coefficient (Wildman–Crippen LogP) is 1.44. The van der Waals surface area contributed by atoms with Crippen LogP contribution in [-0.2, 0) is 33.0 Å². The van der Waals surface area contributed by atoms with Crippen LogP contribution >= 0.6 is 0 Å². The standard InChI is InChI=1S/C15H24N6/c1-4-14-13(8-16-11-6-7-11)15(5-2)21(18-14)10-12-9-20(3)19-17-12/h9,11,16H,4-8,10H2,1-3H3. The summed E-state index contributed by atoms with van der Waals surface area (Å²) in [6.07, 6.45) is 6.55. The molecule has 0 radical (unpaired) electrons. The van der Waals surface area contributed by atoms with Crippen LogP contribution in [0.2, 0.25) is 0 Å². The smallest absolute Gasteiger partial charge is 0.104 e. The van der Waals surface area contributed by atoms with Gasteiger partial charge in [-0.15, -0.1) is 5.10 Å². The van der Waals surface area contributed by atoms with Gasteiger partial charge in [-0.05, 0) is 25.7 Å². The number of nitrogens with zero attached hydrogens (tertiary/aromatic N) is 5. The highest BCUT2D eigenvalue weighted by molar-refractivity contribution is 5.27. The molecule has 1 N–H and O–H groups in total. The van der Waals surface area contributed by atoms with Gasteiger partial charge in [0, 0.05) is 37.1 Å². The summed E-state index contributed by atoms with van der Waals surface area (Å²) in [5, 5.41) is 16.6. The molecule has 0 amide bonds. The van der Waals surface area contributed by atoms with Gasteiger partial charge in [0.25, 0.3) is 0 Å². The Morgan fingerprint density at radius 2 is 2.10 bits per heavy atom. The number of hydrogen-bond acceptors (Lipinski definition) is 4. The van der Waals surface area contributed by atoms with Gasteiger partial charge >= 0.3 is 0 Å². The molecule has 0 bridgehead atoms. The Kier molecular flexibility index (Phi) is 4.05. The van der Waals surface area contributed by atoms with Crippen molar-refractivity contribution >= 4 is 0 Å². The van der Waals surface area contributed by atoms with Crippen LogP contribution in [0.1, 0.15) is 49.3 Å². The number of nitrogens with one attached hydrogen (secondary N) is 1. The predicted molar refractivity (Wildman–Crippen MR) is 80.9 cm³/mol. The Labute approximate surface area is 125 Å². The minimum Gasteiger partial charge on any atom is -0.310 e. The largest absolute Gasteiger partial charge is 0.310 e. The number of hydrogen-bond donors (Lipinski definition) is 1. The molecule has 6 heteroatoms. The topological polar surface area (TPSA) is 60.6 Å². The Morgan fingerprint density at radius 1 is 1.29 bits per heavy atom. The Morgan fingerprint density at radius 3 is 2.67 bits per heavy atom. The maximum absolute atomic E-state index is 4.80. The van der Waals surface area contributed by atoms with E-state index in [0.717, 1.165) is 31.1 Å². The number of aryl methyl sites for hydroxylation is 2. The molecule has 1 aliphatic rings. The van der Waals surface area contributed by atoms with Gasteiger partial charge in [0.2, 0.25) is 0 Å². The van der Waals surface area contributed by atoms with Crippen molar-refractivity contribution in [3.63, 3.8) is 0 Å². The molecule has 0 unspecified atom stereocenters. The van der Waals surface area contributed by atoms with Crippen molar-refractivity contribution in [2.24, 2.45) is 7.05 Å². The highest BCUT2D eigenvalue weighted by Gasteiger charge is 2.23. The molecule has 1 saturated carbocycles. The van der Waals surface area contributed by atoms with E-state index in [-0.39, 0.29) is 0 Å². The molecule has 0 aliphatic heterocycles. The van der Waals surface area contributed by atoms with E-state index in [2.05, 4.69) is 34.2 Å². The van der Waals surface area contributed by atoms with Crippen molar-refractivity contribution in [3.8, 4) is 0 Å². The second kappa shape index (κ2) is 5.97. The minimum atomic E-state index is 0.702. The van der Waals surface area contributed by atoms with Gasteiger partial charge < -0.3 is 5.32 Å². The fourth-order valence-corrected chi connectivity index (χ4v) is 2.76. The molecule has 2 heterocycles. The summed E-state index contributed by atoms with van der Waals surface area (Å²) < 4.78 is 3.84. The van der Waals surface area contributed by atoms with Gasteiger partial charge in [-0.25, -0.2) is 0 Å². The van der Waals surface area contributed by atoms with E-state index in [0.29, 0.717) is 6.54 Å². The van der Waals surface area contributed by atoms with E-state index >= 15 is 0 Å². The van der Waals surface area contributed by atoms with Crippen LogP contribution in [0.25, 0.3) is 0 Å². The summed E-state index contributed by atoms with van der Waals surface area (Å²) in [5.41, 5.74) is 4.88. The highest BCUT2D eigenvalue weighted by atomic mass is 15.4. The SMILES string of the molecule is CCc1nn(Cc2cn(C)nn2)c(CC)c1CNC1CC1. The van der Waals surface area contributed by atoms with E-state index in [1.54, 1.807) is 4.68 Å². The molecule has 6 nitrogen and oxygen atoms in total. The van der Waals surface area contributed by atoms with Gasteiger partial charge in [-0.2, -0.15) is 5.10 Å². The van der Waals surface area contributed by atoms with E-state index in [1.165, 1.54) is 29.8 Å². The zero-order valence-corrected chi connectivity index (χ0v) is 13.1. The Bertz CT molecular complexity index is 608. The van der Waals surface area contributed by atoms with Crippen LogP contribution in [0.15, 0.2) is 6.20 Å². The molecule has 3 rings (SSSR count).